The number of aryl methyl sites for hydroxylation is 1. The molecule has 1 nitrogen and oxygen atoms in total. The minimum atomic E-state index is 0. The summed E-state index contributed by atoms with van der Waals surface area (Å²) in [5.74, 6) is 0.437. The van der Waals surface area contributed by atoms with E-state index in [1.807, 2.05) is 6.07 Å². The topological polar surface area (TPSA) is 20.2 Å². The van der Waals surface area contributed by atoms with Crippen LogP contribution in [0.2, 0.25) is 0 Å². The predicted octanol–water partition coefficient (Wildman–Crippen LogP) is 2.14. The van der Waals surface area contributed by atoms with Crippen LogP contribution in [0.15, 0.2) is 18.2 Å². The molecule has 0 aliphatic carbocycles. The molecule has 63 valence electrons. The maximum Gasteiger partial charge on any atom is 0.119 e. The lowest BCUT2D eigenvalue weighted by molar-refractivity contribution is 0.468. The van der Waals surface area contributed by atoms with Crippen LogP contribution in [-0.2, 0) is 12.8 Å². The highest BCUT2D eigenvalue weighted by Crippen LogP contribution is 2.21. The Bertz CT molecular complexity index is 246. The summed E-state index contributed by atoms with van der Waals surface area (Å²) >= 11 is 0. The van der Waals surface area contributed by atoms with E-state index in [9.17, 15) is 5.11 Å². The van der Waals surface area contributed by atoms with E-state index in [1.165, 1.54) is 5.56 Å². The Morgan fingerprint density at radius 2 is 1.83 bits per heavy atom. The van der Waals surface area contributed by atoms with E-state index in [1.54, 1.807) is 6.07 Å². The van der Waals surface area contributed by atoms with Crippen LogP contribution < -0.4 is 0 Å². The number of aromatic hydroxyl groups is 1. The summed E-state index contributed by atoms with van der Waals surface area (Å²) in [4.78, 5) is 0. The molecule has 12 heavy (non-hydrogen) atoms. The zero-order valence-electron chi connectivity index (χ0n) is 7.67. The summed E-state index contributed by atoms with van der Waals surface area (Å²) in [5.41, 5.74) is 2.35. The number of benzene rings is 1. The van der Waals surface area contributed by atoms with Crippen LogP contribution in [0.5, 0.6) is 5.75 Å². The van der Waals surface area contributed by atoms with Gasteiger partial charge in [-0.1, -0.05) is 26.0 Å². The highest BCUT2D eigenvalue weighted by Gasteiger charge is 2.02. The number of hydrogen-bond donors (Lipinski definition) is 1. The third-order valence-corrected chi connectivity index (χ3v) is 1.98. The van der Waals surface area contributed by atoms with Gasteiger partial charge in [-0.3, -0.25) is 0 Å². The van der Waals surface area contributed by atoms with Crippen LogP contribution in [0.1, 0.15) is 25.0 Å². The molecule has 2 heteroatoms. The summed E-state index contributed by atoms with van der Waals surface area (Å²) in [6.07, 6.45) is 1.91. The Morgan fingerprint density at radius 3 is 2.25 bits per heavy atom. The van der Waals surface area contributed by atoms with Gasteiger partial charge in [-0.15, -0.1) is 0 Å². The molecule has 1 aromatic rings. The first-order valence-corrected chi connectivity index (χ1v) is 4.09. The molecule has 3 radical (unpaired) electrons. The van der Waals surface area contributed by atoms with Gasteiger partial charge in [0.05, 0.1) is 0 Å². The molecule has 0 saturated carbocycles. The maximum absolute atomic E-state index is 9.42. The van der Waals surface area contributed by atoms with Crippen molar-refractivity contribution in [2.45, 2.75) is 26.7 Å². The molecule has 0 heterocycles. The third-order valence-electron chi connectivity index (χ3n) is 1.98. The van der Waals surface area contributed by atoms with E-state index in [0.717, 1.165) is 18.4 Å². The smallest absolute Gasteiger partial charge is 0.119 e. The van der Waals surface area contributed by atoms with Crippen molar-refractivity contribution in [1.82, 2.24) is 0 Å². The van der Waals surface area contributed by atoms with Crippen molar-refractivity contribution < 1.29 is 5.11 Å². The number of phenols is 1. The van der Waals surface area contributed by atoms with Crippen LogP contribution in [0.25, 0.3) is 0 Å². The Morgan fingerprint density at radius 1 is 1.17 bits per heavy atom. The molecule has 0 saturated heterocycles. The Labute approximate surface area is 84.6 Å². The number of hydrogen-bond acceptors (Lipinski definition) is 1. The van der Waals surface area contributed by atoms with Gasteiger partial charge >= 0.3 is 0 Å². The molecular weight excluding hydrogens is 163 g/mol. The SMILES string of the molecule is CCc1cccc(O)c1CC.[Al]. The lowest BCUT2D eigenvalue weighted by Crippen LogP contribution is -1.90. The first-order valence-electron chi connectivity index (χ1n) is 4.09. The highest BCUT2D eigenvalue weighted by atomic mass is 27.0. The van der Waals surface area contributed by atoms with Crippen molar-refractivity contribution >= 4 is 17.4 Å². The van der Waals surface area contributed by atoms with E-state index in [-0.39, 0.29) is 17.4 Å². The van der Waals surface area contributed by atoms with Gasteiger partial charge in [-0.05, 0) is 30.0 Å². The fraction of sp³-hybridized carbons (Fsp3) is 0.400. The standard InChI is InChI=1S/C10H14O.Al/c1-3-8-6-5-7-10(11)9(8)4-2;/h5-7,11H,3-4H2,1-2H3;. The molecule has 0 amide bonds. The van der Waals surface area contributed by atoms with E-state index in [4.69, 9.17) is 0 Å². The third kappa shape index (κ3) is 2.27. The molecule has 1 rings (SSSR count). The van der Waals surface area contributed by atoms with Crippen LogP contribution in [0.3, 0.4) is 0 Å². The van der Waals surface area contributed by atoms with Gasteiger partial charge < -0.3 is 5.11 Å². The summed E-state index contributed by atoms with van der Waals surface area (Å²) in [6, 6.07) is 5.71. The second-order valence-electron chi connectivity index (χ2n) is 2.62. The molecule has 1 N–H and O–H groups in total. The maximum atomic E-state index is 9.42. The zero-order chi connectivity index (χ0) is 8.27. The van der Waals surface area contributed by atoms with Crippen molar-refractivity contribution in [3.63, 3.8) is 0 Å². The quantitative estimate of drug-likeness (QED) is 0.686. The Hall–Kier alpha value is -0.448. The van der Waals surface area contributed by atoms with E-state index < -0.39 is 0 Å². The molecule has 0 aliphatic heterocycles. The lowest BCUT2D eigenvalue weighted by atomic mass is 10.0. The number of phenolic OH excluding ortho intramolecular Hbond substituents is 1. The van der Waals surface area contributed by atoms with E-state index in [2.05, 4.69) is 19.9 Å². The molecule has 1 aromatic carbocycles. The van der Waals surface area contributed by atoms with Crippen LogP contribution in [-0.4, -0.2) is 22.5 Å². The summed E-state index contributed by atoms with van der Waals surface area (Å²) in [7, 11) is 0. The molecule has 0 aromatic heterocycles. The first kappa shape index (κ1) is 11.6. The highest BCUT2D eigenvalue weighted by molar-refractivity contribution is 5.75. The Kier molecular flexibility index (Phi) is 5.05. The van der Waals surface area contributed by atoms with Crippen molar-refractivity contribution in [2.75, 3.05) is 0 Å². The molecule has 0 aliphatic rings. The van der Waals surface area contributed by atoms with E-state index >= 15 is 0 Å². The molecule has 0 unspecified atom stereocenters. The average Bonchev–Trinajstić information content (AvgIpc) is 2.04. The van der Waals surface area contributed by atoms with Crippen LogP contribution in [0.4, 0.5) is 0 Å². The van der Waals surface area contributed by atoms with Crippen LogP contribution >= 0.6 is 0 Å². The molecule has 0 atom stereocenters. The Balaban J connectivity index is 0.00000121. The van der Waals surface area contributed by atoms with Crippen molar-refractivity contribution in [2.24, 2.45) is 0 Å². The van der Waals surface area contributed by atoms with Gasteiger partial charge in [0.1, 0.15) is 5.75 Å². The second kappa shape index (κ2) is 5.24. The predicted molar refractivity (Wildman–Crippen MR) is 52.6 cm³/mol. The normalized spacial score (nSPS) is 9.17. The molecular formula is C10H14AlO. The fourth-order valence-electron chi connectivity index (χ4n) is 1.36. The zero-order valence-corrected chi connectivity index (χ0v) is 8.83. The first-order chi connectivity index (χ1) is 5.29. The van der Waals surface area contributed by atoms with E-state index in [0.29, 0.717) is 5.75 Å². The van der Waals surface area contributed by atoms with Crippen molar-refractivity contribution in [3.05, 3.63) is 29.3 Å². The van der Waals surface area contributed by atoms with Gasteiger partial charge in [-0.2, -0.15) is 0 Å². The van der Waals surface area contributed by atoms with Gasteiger partial charge in [-0.25, -0.2) is 0 Å². The summed E-state index contributed by atoms with van der Waals surface area (Å²) in [5, 5.41) is 9.42. The van der Waals surface area contributed by atoms with Gasteiger partial charge in [0.25, 0.3) is 0 Å². The van der Waals surface area contributed by atoms with Gasteiger partial charge in [0.2, 0.25) is 0 Å². The van der Waals surface area contributed by atoms with Crippen LogP contribution in [0, 0.1) is 0 Å². The summed E-state index contributed by atoms with van der Waals surface area (Å²) < 4.78 is 0. The monoisotopic (exact) mass is 177 g/mol. The minimum absolute atomic E-state index is 0. The molecule has 0 bridgehead atoms. The fourth-order valence-corrected chi connectivity index (χ4v) is 1.36. The molecule has 0 fully saturated rings. The largest absolute Gasteiger partial charge is 0.508 e. The average molecular weight is 177 g/mol. The van der Waals surface area contributed by atoms with Gasteiger partial charge in [0, 0.05) is 17.4 Å². The van der Waals surface area contributed by atoms with Crippen molar-refractivity contribution in [3.8, 4) is 5.75 Å². The minimum Gasteiger partial charge on any atom is -0.508 e. The molecule has 0 spiro atoms. The number of rotatable bonds is 2. The lowest BCUT2D eigenvalue weighted by Gasteiger charge is -2.06. The second-order valence-corrected chi connectivity index (χ2v) is 2.62. The van der Waals surface area contributed by atoms with Crippen molar-refractivity contribution in [1.29, 1.82) is 0 Å². The summed E-state index contributed by atoms with van der Waals surface area (Å²) in [6.45, 7) is 4.17. The van der Waals surface area contributed by atoms with Gasteiger partial charge in [0.15, 0.2) is 0 Å².